The molecule has 1 amide bonds. The van der Waals surface area contributed by atoms with E-state index in [2.05, 4.69) is 10.3 Å². The van der Waals surface area contributed by atoms with E-state index in [1.807, 2.05) is 6.92 Å². The maximum atomic E-state index is 13.1. The van der Waals surface area contributed by atoms with E-state index in [9.17, 15) is 9.18 Å². The van der Waals surface area contributed by atoms with E-state index in [0.29, 0.717) is 18.7 Å². The largest absolute Gasteiger partial charge is 0.369 e. The van der Waals surface area contributed by atoms with Crippen LogP contribution in [0, 0.1) is 11.7 Å². The molecule has 1 aliphatic heterocycles. The lowest BCUT2D eigenvalue weighted by atomic mass is 9.74. The number of hydrogen-bond donors (Lipinski definition) is 2. The molecule has 1 aromatic heterocycles. The Morgan fingerprint density at radius 2 is 2.44 bits per heavy atom. The second kappa shape index (κ2) is 3.83. The van der Waals surface area contributed by atoms with Crippen molar-refractivity contribution in [2.75, 3.05) is 13.1 Å². The minimum absolute atomic E-state index is 0.323. The third-order valence-corrected chi connectivity index (χ3v) is 3.32. The quantitative estimate of drug-likeness (QED) is 0.751. The summed E-state index contributed by atoms with van der Waals surface area (Å²) in [6.45, 7) is 3.03. The van der Waals surface area contributed by atoms with Gasteiger partial charge in [-0.1, -0.05) is 6.92 Å². The van der Waals surface area contributed by atoms with Crippen molar-refractivity contribution in [1.82, 2.24) is 10.3 Å². The molecule has 0 aliphatic carbocycles. The number of hydrogen-bond acceptors (Lipinski definition) is 3. The molecule has 4 nitrogen and oxygen atoms in total. The summed E-state index contributed by atoms with van der Waals surface area (Å²) in [5, 5.41) is 3.11. The van der Waals surface area contributed by atoms with Gasteiger partial charge in [0.1, 0.15) is 5.82 Å². The summed E-state index contributed by atoms with van der Waals surface area (Å²) in [5.41, 5.74) is 5.59. The Balaban J connectivity index is 2.41. The van der Waals surface area contributed by atoms with Crippen LogP contribution in [-0.4, -0.2) is 24.0 Å². The number of carbonyl (C=O) groups excluding carboxylic acids is 1. The topological polar surface area (TPSA) is 68.0 Å². The van der Waals surface area contributed by atoms with Crippen molar-refractivity contribution in [3.8, 4) is 0 Å². The Bertz CT molecular complexity index is 423. The molecular weight excluding hydrogens is 209 g/mol. The molecule has 0 spiro atoms. The smallest absolute Gasteiger partial charge is 0.222 e. The highest BCUT2D eigenvalue weighted by Crippen LogP contribution is 2.34. The lowest BCUT2D eigenvalue weighted by molar-refractivity contribution is -0.122. The van der Waals surface area contributed by atoms with Crippen molar-refractivity contribution in [2.24, 2.45) is 11.7 Å². The molecule has 0 saturated carbocycles. The maximum Gasteiger partial charge on any atom is 0.222 e. The lowest BCUT2D eigenvalue weighted by Crippen LogP contribution is -2.39. The first kappa shape index (κ1) is 11.0. The number of rotatable bonds is 2. The second-order valence-corrected chi connectivity index (χ2v) is 4.40. The summed E-state index contributed by atoms with van der Waals surface area (Å²) >= 11 is 0. The Morgan fingerprint density at radius 1 is 1.69 bits per heavy atom. The number of aromatic nitrogens is 1. The standard InChI is InChI=1S/C11H14FN3O/c1-11(6-15-5-9(11)10(13)16)7-2-8(12)4-14-3-7/h2-4,9,15H,5-6H2,1H3,(H2,13,16). The summed E-state index contributed by atoms with van der Waals surface area (Å²) in [7, 11) is 0. The van der Waals surface area contributed by atoms with Gasteiger partial charge in [-0.2, -0.15) is 0 Å². The molecule has 86 valence electrons. The molecule has 1 saturated heterocycles. The zero-order valence-corrected chi connectivity index (χ0v) is 9.03. The van der Waals surface area contributed by atoms with E-state index in [1.165, 1.54) is 6.07 Å². The van der Waals surface area contributed by atoms with E-state index in [-0.39, 0.29) is 11.8 Å². The summed E-state index contributed by atoms with van der Waals surface area (Å²) in [6.07, 6.45) is 2.74. The van der Waals surface area contributed by atoms with Crippen LogP contribution in [0.5, 0.6) is 0 Å². The molecule has 0 bridgehead atoms. The molecule has 2 heterocycles. The highest BCUT2D eigenvalue weighted by atomic mass is 19.1. The van der Waals surface area contributed by atoms with Gasteiger partial charge in [-0.25, -0.2) is 4.39 Å². The van der Waals surface area contributed by atoms with Gasteiger partial charge in [0.05, 0.1) is 12.1 Å². The van der Waals surface area contributed by atoms with Crippen LogP contribution in [-0.2, 0) is 10.2 Å². The number of pyridine rings is 1. The highest BCUT2D eigenvalue weighted by Gasteiger charge is 2.43. The molecule has 2 rings (SSSR count). The average Bonchev–Trinajstić information content (AvgIpc) is 2.62. The van der Waals surface area contributed by atoms with Gasteiger partial charge in [-0.15, -0.1) is 0 Å². The minimum atomic E-state index is -0.471. The van der Waals surface area contributed by atoms with Crippen molar-refractivity contribution in [2.45, 2.75) is 12.3 Å². The molecule has 1 aliphatic rings. The van der Waals surface area contributed by atoms with Crippen molar-refractivity contribution in [3.05, 3.63) is 29.8 Å². The Hall–Kier alpha value is -1.49. The molecule has 1 fully saturated rings. The first-order chi connectivity index (χ1) is 7.54. The Kier molecular flexibility index (Phi) is 2.63. The number of primary amides is 1. The van der Waals surface area contributed by atoms with Crippen molar-refractivity contribution >= 4 is 5.91 Å². The van der Waals surface area contributed by atoms with Crippen LogP contribution in [0.1, 0.15) is 12.5 Å². The summed E-state index contributed by atoms with van der Waals surface area (Å²) < 4.78 is 13.1. The van der Waals surface area contributed by atoms with Crippen LogP contribution in [0.2, 0.25) is 0 Å². The van der Waals surface area contributed by atoms with E-state index < -0.39 is 11.2 Å². The zero-order chi connectivity index (χ0) is 11.8. The van der Waals surface area contributed by atoms with Gasteiger partial charge in [0.25, 0.3) is 0 Å². The fourth-order valence-corrected chi connectivity index (χ4v) is 2.27. The van der Waals surface area contributed by atoms with Crippen LogP contribution in [0.25, 0.3) is 0 Å². The van der Waals surface area contributed by atoms with E-state index >= 15 is 0 Å². The van der Waals surface area contributed by atoms with Gasteiger partial charge in [0.15, 0.2) is 0 Å². The van der Waals surface area contributed by atoms with Gasteiger partial charge in [0.2, 0.25) is 5.91 Å². The monoisotopic (exact) mass is 223 g/mol. The molecule has 1 aromatic rings. The van der Waals surface area contributed by atoms with Gasteiger partial charge < -0.3 is 11.1 Å². The van der Waals surface area contributed by atoms with Crippen LogP contribution in [0.3, 0.4) is 0 Å². The molecule has 16 heavy (non-hydrogen) atoms. The third-order valence-electron chi connectivity index (χ3n) is 3.32. The number of nitrogens with zero attached hydrogens (tertiary/aromatic N) is 1. The number of amides is 1. The van der Waals surface area contributed by atoms with Crippen molar-refractivity contribution in [3.63, 3.8) is 0 Å². The fourth-order valence-electron chi connectivity index (χ4n) is 2.27. The molecule has 5 heteroatoms. The number of nitrogens with one attached hydrogen (secondary N) is 1. The predicted molar refractivity (Wildman–Crippen MR) is 57.1 cm³/mol. The number of nitrogens with two attached hydrogens (primary N) is 1. The second-order valence-electron chi connectivity index (χ2n) is 4.40. The highest BCUT2D eigenvalue weighted by molar-refractivity contribution is 5.79. The van der Waals surface area contributed by atoms with Crippen LogP contribution in [0.15, 0.2) is 18.5 Å². The van der Waals surface area contributed by atoms with E-state index in [0.717, 1.165) is 6.20 Å². The molecular formula is C11H14FN3O. The predicted octanol–water partition coefficient (Wildman–Crippen LogP) is 0.183. The number of halogens is 1. The van der Waals surface area contributed by atoms with Gasteiger partial charge in [-0.05, 0) is 11.6 Å². The van der Waals surface area contributed by atoms with Gasteiger partial charge in [-0.3, -0.25) is 9.78 Å². The first-order valence-corrected chi connectivity index (χ1v) is 5.15. The third kappa shape index (κ3) is 1.67. The van der Waals surface area contributed by atoms with Gasteiger partial charge >= 0.3 is 0 Å². The molecule has 2 unspecified atom stereocenters. The van der Waals surface area contributed by atoms with E-state index in [4.69, 9.17) is 5.73 Å². The maximum absolute atomic E-state index is 13.1. The van der Waals surface area contributed by atoms with E-state index in [1.54, 1.807) is 6.20 Å². The Morgan fingerprint density at radius 3 is 3.06 bits per heavy atom. The normalized spacial score (nSPS) is 29.2. The van der Waals surface area contributed by atoms with Crippen LogP contribution < -0.4 is 11.1 Å². The summed E-state index contributed by atoms with van der Waals surface area (Å²) in [4.78, 5) is 15.2. The minimum Gasteiger partial charge on any atom is -0.369 e. The summed E-state index contributed by atoms with van der Waals surface area (Å²) in [5.74, 6) is -1.08. The molecule has 0 aromatic carbocycles. The first-order valence-electron chi connectivity index (χ1n) is 5.15. The Labute approximate surface area is 93.1 Å². The molecule has 0 radical (unpaired) electrons. The average molecular weight is 223 g/mol. The summed E-state index contributed by atoms with van der Waals surface area (Å²) in [6, 6.07) is 1.41. The number of carbonyl (C=O) groups is 1. The molecule has 2 atom stereocenters. The lowest BCUT2D eigenvalue weighted by Gasteiger charge is -2.28. The van der Waals surface area contributed by atoms with Crippen LogP contribution >= 0.6 is 0 Å². The zero-order valence-electron chi connectivity index (χ0n) is 9.03. The van der Waals surface area contributed by atoms with Crippen molar-refractivity contribution in [1.29, 1.82) is 0 Å². The van der Waals surface area contributed by atoms with Gasteiger partial charge in [0, 0.05) is 24.7 Å². The fraction of sp³-hybridized carbons (Fsp3) is 0.455. The molecule has 3 N–H and O–H groups in total. The SMILES string of the molecule is CC1(c2cncc(F)c2)CNCC1C(N)=O. The van der Waals surface area contributed by atoms with Crippen molar-refractivity contribution < 1.29 is 9.18 Å². The van der Waals surface area contributed by atoms with Crippen LogP contribution in [0.4, 0.5) is 4.39 Å².